The molecule has 0 aliphatic rings. The van der Waals surface area contributed by atoms with Crippen molar-refractivity contribution in [1.29, 1.82) is 10.5 Å². The maximum Gasteiger partial charge on any atom is 2.00 e. The van der Waals surface area contributed by atoms with Crippen molar-refractivity contribution in [1.82, 2.24) is 0 Å². The summed E-state index contributed by atoms with van der Waals surface area (Å²) in [7, 11) is 0. The van der Waals surface area contributed by atoms with Crippen LogP contribution >= 0.6 is 0 Å². The number of hydrogen-bond acceptors (Lipinski definition) is 4. The summed E-state index contributed by atoms with van der Waals surface area (Å²) in [6.45, 7) is 11.8. The van der Waals surface area contributed by atoms with E-state index in [0.29, 0.717) is 6.42 Å². The van der Waals surface area contributed by atoms with Crippen molar-refractivity contribution >= 4 is 5.97 Å². The van der Waals surface area contributed by atoms with Crippen LogP contribution in [0.5, 0.6) is 0 Å². The Hall–Kier alpha value is -1.03. The van der Waals surface area contributed by atoms with Crippen LogP contribution in [0.25, 0.3) is 0 Å². The summed E-state index contributed by atoms with van der Waals surface area (Å²) in [6, 6.07) is 2.12. The smallest absolute Gasteiger partial charge is 0.637 e. The molecule has 0 heterocycles. The van der Waals surface area contributed by atoms with Gasteiger partial charge in [-0.1, -0.05) is 33.1 Å². The summed E-state index contributed by atoms with van der Waals surface area (Å²) >= 11 is 0. The van der Waals surface area contributed by atoms with Gasteiger partial charge in [0, 0.05) is 13.3 Å². The Morgan fingerprint density at radius 3 is 2.18 bits per heavy atom. The van der Waals surface area contributed by atoms with Crippen molar-refractivity contribution in [3.8, 4) is 6.07 Å². The van der Waals surface area contributed by atoms with Crippen LogP contribution in [0.1, 0.15) is 46.5 Å². The quantitative estimate of drug-likeness (QED) is 0.427. The minimum Gasteiger partial charge on any atom is -0.637 e. The van der Waals surface area contributed by atoms with Crippen LogP contribution in [0, 0.1) is 35.2 Å². The van der Waals surface area contributed by atoms with Gasteiger partial charge in [-0.25, -0.2) is 0 Å². The molecule has 5 heteroatoms. The number of hydrogen-bond donors (Lipinski definition) is 0. The van der Waals surface area contributed by atoms with Gasteiger partial charge in [-0.05, 0) is 0 Å². The first-order valence-corrected chi connectivity index (χ1v) is 5.21. The van der Waals surface area contributed by atoms with E-state index in [2.05, 4.69) is 6.07 Å². The molecule has 0 bridgehead atoms. The Balaban J connectivity index is -0.000000616. The van der Waals surface area contributed by atoms with E-state index in [1.165, 1.54) is 6.92 Å². The first-order chi connectivity index (χ1) is 7.60. The first kappa shape index (κ1) is 21.3. The molecule has 0 spiro atoms. The molecule has 99 valence electrons. The maximum absolute atomic E-state index is 10.7. The van der Waals surface area contributed by atoms with Crippen molar-refractivity contribution in [3.05, 3.63) is 13.2 Å². The Kier molecular flexibility index (Phi) is 16.3. The molecule has 17 heavy (non-hydrogen) atoms. The zero-order valence-electron chi connectivity index (χ0n) is 10.4. The fourth-order valence-corrected chi connectivity index (χ4v) is 1.34. The summed E-state index contributed by atoms with van der Waals surface area (Å²) in [5.41, 5.74) is -0.124. The van der Waals surface area contributed by atoms with Crippen LogP contribution in [0.15, 0.2) is 0 Å². The molecule has 0 unspecified atom stereocenters. The SMILES string of the molecule is CCC([CH-]OC(C)=O)(CC)CCC#N.[C-]#N.[Cu+2]. The topological polar surface area (TPSA) is 73.9 Å². The number of esters is 1. The van der Waals surface area contributed by atoms with Crippen LogP contribution in [-0.4, -0.2) is 5.97 Å². The average Bonchev–Trinajstić information content (AvgIpc) is 2.33. The second-order valence-corrected chi connectivity index (χ2v) is 3.45. The van der Waals surface area contributed by atoms with Gasteiger partial charge in [0.2, 0.25) is 0 Å². The van der Waals surface area contributed by atoms with Crippen molar-refractivity contribution in [2.24, 2.45) is 5.41 Å². The monoisotopic (exact) mass is 285 g/mol. The second-order valence-electron chi connectivity index (χ2n) is 3.45. The molecule has 1 radical (unpaired) electrons. The molecule has 0 fully saturated rings. The molecule has 0 aromatic heterocycles. The average molecular weight is 286 g/mol. The number of nitriles is 1. The minimum absolute atomic E-state index is 0. The van der Waals surface area contributed by atoms with E-state index in [1.807, 2.05) is 13.8 Å². The largest absolute Gasteiger partial charge is 2.00 e. The van der Waals surface area contributed by atoms with Crippen LogP contribution in [0.4, 0.5) is 0 Å². The third-order valence-electron chi connectivity index (χ3n) is 2.62. The van der Waals surface area contributed by atoms with E-state index in [4.69, 9.17) is 21.8 Å². The molecule has 0 aromatic rings. The van der Waals surface area contributed by atoms with Gasteiger partial charge in [0.15, 0.2) is 0 Å². The van der Waals surface area contributed by atoms with Crippen molar-refractivity contribution < 1.29 is 26.6 Å². The summed E-state index contributed by atoms with van der Waals surface area (Å²) in [5.74, 6) is -0.298. The Labute approximate surface area is 114 Å². The van der Waals surface area contributed by atoms with E-state index in [0.717, 1.165) is 19.3 Å². The number of ether oxygens (including phenoxy) is 1. The van der Waals surface area contributed by atoms with Crippen molar-refractivity contribution in [3.63, 3.8) is 0 Å². The Bertz CT molecular complexity index is 255. The van der Waals surface area contributed by atoms with Crippen molar-refractivity contribution in [2.75, 3.05) is 0 Å². The minimum atomic E-state index is -0.298. The zero-order valence-corrected chi connectivity index (χ0v) is 11.4. The van der Waals surface area contributed by atoms with E-state index in [9.17, 15) is 4.79 Å². The maximum atomic E-state index is 10.7. The second kappa shape index (κ2) is 13.0. The molecule has 0 saturated carbocycles. The fraction of sp³-hybridized carbons (Fsp3) is 0.667. The molecule has 0 atom stereocenters. The molecule has 0 rings (SSSR count). The fourth-order valence-electron chi connectivity index (χ4n) is 1.34. The number of carbonyl (C=O) groups excluding carboxylic acids is 1. The summed E-state index contributed by atoms with van der Waals surface area (Å²) < 4.78 is 4.91. The van der Waals surface area contributed by atoms with Gasteiger partial charge in [0.1, 0.15) is 0 Å². The van der Waals surface area contributed by atoms with E-state index < -0.39 is 0 Å². The molecule has 0 saturated heterocycles. The summed E-state index contributed by atoms with van der Waals surface area (Å²) in [4.78, 5) is 10.7. The normalized spacial score (nSPS) is 8.94. The van der Waals surface area contributed by atoms with Gasteiger partial charge in [-0.3, -0.25) is 4.79 Å². The van der Waals surface area contributed by atoms with E-state index >= 15 is 0 Å². The van der Waals surface area contributed by atoms with E-state index in [-0.39, 0.29) is 28.5 Å². The van der Waals surface area contributed by atoms with Gasteiger partial charge in [0.05, 0.1) is 6.07 Å². The molecule has 0 aliphatic heterocycles. The molecule has 0 aliphatic carbocycles. The third kappa shape index (κ3) is 9.87. The van der Waals surface area contributed by atoms with Gasteiger partial charge >= 0.3 is 17.1 Å². The molecule has 4 nitrogen and oxygen atoms in total. The predicted molar refractivity (Wildman–Crippen MR) is 58.9 cm³/mol. The third-order valence-corrected chi connectivity index (χ3v) is 2.62. The van der Waals surface area contributed by atoms with Crippen LogP contribution in [-0.2, 0) is 26.6 Å². The predicted octanol–water partition coefficient (Wildman–Crippen LogP) is 2.92. The van der Waals surface area contributed by atoms with Crippen molar-refractivity contribution in [2.45, 2.75) is 46.5 Å². The standard InChI is InChI=1S/C11H18NO2.CN.Cu/c1-4-11(5-2,7-6-8-12)9-14-10(3)13;1-2;/h9H,4-7H2,1-3H3;;/q2*-1;+2. The Morgan fingerprint density at radius 2 is 1.88 bits per heavy atom. The van der Waals surface area contributed by atoms with Crippen LogP contribution in [0.3, 0.4) is 0 Å². The van der Waals surface area contributed by atoms with Gasteiger partial charge in [0.25, 0.3) is 5.97 Å². The van der Waals surface area contributed by atoms with Gasteiger partial charge < -0.3 is 16.6 Å². The molecular formula is C12H18CuN2O2. The van der Waals surface area contributed by atoms with E-state index in [1.54, 1.807) is 6.61 Å². The summed E-state index contributed by atoms with van der Waals surface area (Å²) in [6.07, 6.45) is 3.03. The molecule has 0 amide bonds. The molecule has 0 N–H and O–H groups in total. The van der Waals surface area contributed by atoms with Crippen LogP contribution in [0.2, 0.25) is 0 Å². The molecule has 0 aromatic carbocycles. The van der Waals surface area contributed by atoms with Gasteiger partial charge in [-0.2, -0.15) is 11.9 Å². The number of carbonyl (C=O) groups is 1. The zero-order chi connectivity index (χ0) is 13.0. The number of rotatable bonds is 6. The Morgan fingerprint density at radius 1 is 1.41 bits per heavy atom. The molecular weight excluding hydrogens is 268 g/mol. The van der Waals surface area contributed by atoms with Gasteiger partial charge in [-0.15, -0.1) is 5.41 Å². The summed E-state index contributed by atoms with van der Waals surface area (Å²) in [5, 5.41) is 14.8. The van der Waals surface area contributed by atoms with Crippen LogP contribution < -0.4 is 0 Å². The number of nitrogens with zero attached hydrogens (tertiary/aromatic N) is 2. The first-order valence-electron chi connectivity index (χ1n) is 5.21.